The lowest BCUT2D eigenvalue weighted by molar-refractivity contribution is -0.137. The Bertz CT molecular complexity index is 756. The van der Waals surface area contributed by atoms with E-state index in [1.807, 2.05) is 11.8 Å². The Morgan fingerprint density at radius 2 is 2.08 bits per heavy atom. The van der Waals surface area contributed by atoms with Crippen molar-refractivity contribution in [2.24, 2.45) is 17.6 Å². The van der Waals surface area contributed by atoms with Crippen LogP contribution in [0.3, 0.4) is 0 Å². The summed E-state index contributed by atoms with van der Waals surface area (Å²) in [6.07, 6.45) is 2.29. The highest BCUT2D eigenvalue weighted by atomic mass is 32.2. The number of aryl methyl sites for hydroxylation is 2. The number of nitrogens with two attached hydrogens (primary N) is 1. The van der Waals surface area contributed by atoms with Gasteiger partial charge >= 0.3 is 0 Å². The fourth-order valence-electron chi connectivity index (χ4n) is 4.19. The van der Waals surface area contributed by atoms with Crippen molar-refractivity contribution >= 4 is 15.9 Å². The van der Waals surface area contributed by atoms with Crippen molar-refractivity contribution in [2.75, 3.05) is 26.2 Å². The largest absolute Gasteiger partial charge is 0.360 e. The van der Waals surface area contributed by atoms with Crippen molar-refractivity contribution in [2.45, 2.75) is 51.0 Å². The highest BCUT2D eigenvalue weighted by Gasteiger charge is 2.40. The van der Waals surface area contributed by atoms with Gasteiger partial charge in [-0.05, 0) is 52.5 Å². The maximum atomic E-state index is 13.0. The van der Waals surface area contributed by atoms with Crippen LogP contribution in [0.2, 0.25) is 0 Å². The molecule has 0 bridgehead atoms. The molecule has 26 heavy (non-hydrogen) atoms. The number of carbonyl (C=O) groups excluding carboxylic acids is 1. The molecule has 3 rings (SSSR count). The van der Waals surface area contributed by atoms with Gasteiger partial charge in [0, 0.05) is 25.7 Å². The van der Waals surface area contributed by atoms with Gasteiger partial charge in [-0.2, -0.15) is 4.31 Å². The summed E-state index contributed by atoms with van der Waals surface area (Å²) in [5, 5.41) is 3.75. The summed E-state index contributed by atoms with van der Waals surface area (Å²) < 4.78 is 32.5. The van der Waals surface area contributed by atoms with Crippen molar-refractivity contribution in [3.05, 3.63) is 11.5 Å². The molecule has 0 aromatic carbocycles. The van der Waals surface area contributed by atoms with Crippen molar-refractivity contribution in [3.63, 3.8) is 0 Å². The van der Waals surface area contributed by atoms with Crippen LogP contribution in [0.25, 0.3) is 0 Å². The van der Waals surface area contributed by atoms with Gasteiger partial charge in [0.25, 0.3) is 0 Å². The molecular formula is C17H28N4O4S. The molecule has 1 aromatic heterocycles. The SMILES string of the molecule is Cc1noc(C)c1S(=O)(=O)N1CCCC(C(=O)N2CC(CN)CC2C)C1. The second-order valence-corrected chi connectivity index (χ2v) is 9.41. The Hall–Kier alpha value is -1.45. The molecule has 3 unspecified atom stereocenters. The van der Waals surface area contributed by atoms with E-state index < -0.39 is 10.0 Å². The van der Waals surface area contributed by atoms with E-state index in [0.29, 0.717) is 44.1 Å². The zero-order chi connectivity index (χ0) is 19.1. The fourth-order valence-corrected chi connectivity index (χ4v) is 6.00. The molecule has 2 saturated heterocycles. The summed E-state index contributed by atoms with van der Waals surface area (Å²) in [5.74, 6) is 0.361. The maximum absolute atomic E-state index is 13.0. The molecule has 0 saturated carbocycles. The Morgan fingerprint density at radius 3 is 2.65 bits per heavy atom. The summed E-state index contributed by atoms with van der Waals surface area (Å²) in [4.78, 5) is 15.0. The van der Waals surface area contributed by atoms with Gasteiger partial charge in [-0.15, -0.1) is 0 Å². The number of aromatic nitrogens is 1. The third kappa shape index (κ3) is 3.39. The van der Waals surface area contributed by atoms with E-state index >= 15 is 0 Å². The molecule has 1 aromatic rings. The van der Waals surface area contributed by atoms with Gasteiger partial charge in [0.15, 0.2) is 5.76 Å². The van der Waals surface area contributed by atoms with Crippen molar-refractivity contribution in [1.29, 1.82) is 0 Å². The van der Waals surface area contributed by atoms with Crippen molar-refractivity contribution in [3.8, 4) is 0 Å². The number of hydrogen-bond acceptors (Lipinski definition) is 6. The summed E-state index contributed by atoms with van der Waals surface area (Å²) in [6.45, 7) is 7.12. The number of rotatable bonds is 4. The summed E-state index contributed by atoms with van der Waals surface area (Å²) in [6, 6.07) is 0.158. The van der Waals surface area contributed by atoms with Crippen LogP contribution < -0.4 is 5.73 Å². The molecule has 8 nitrogen and oxygen atoms in total. The highest BCUT2D eigenvalue weighted by molar-refractivity contribution is 7.89. The van der Waals surface area contributed by atoms with E-state index in [2.05, 4.69) is 5.16 Å². The summed E-state index contributed by atoms with van der Waals surface area (Å²) in [5.41, 5.74) is 6.11. The predicted octanol–water partition coefficient (Wildman–Crippen LogP) is 0.888. The van der Waals surface area contributed by atoms with Gasteiger partial charge in [0.05, 0.1) is 5.92 Å². The van der Waals surface area contributed by atoms with E-state index in [0.717, 1.165) is 6.42 Å². The number of piperidine rings is 1. The molecule has 0 radical (unpaired) electrons. The molecule has 9 heteroatoms. The van der Waals surface area contributed by atoms with Crippen LogP contribution >= 0.6 is 0 Å². The summed E-state index contributed by atoms with van der Waals surface area (Å²) >= 11 is 0. The first-order chi connectivity index (χ1) is 12.3. The van der Waals surface area contributed by atoms with Gasteiger partial charge in [-0.1, -0.05) is 5.16 Å². The molecule has 3 atom stereocenters. The van der Waals surface area contributed by atoms with Crippen LogP contribution in [0.4, 0.5) is 0 Å². The predicted molar refractivity (Wildman–Crippen MR) is 95.8 cm³/mol. The second-order valence-electron chi connectivity index (χ2n) is 7.53. The summed E-state index contributed by atoms with van der Waals surface area (Å²) in [7, 11) is -3.71. The normalized spacial score (nSPS) is 27.8. The third-order valence-electron chi connectivity index (χ3n) is 5.58. The van der Waals surface area contributed by atoms with Gasteiger partial charge in [-0.3, -0.25) is 4.79 Å². The lowest BCUT2D eigenvalue weighted by Gasteiger charge is -2.34. The van der Waals surface area contributed by atoms with Gasteiger partial charge in [0.2, 0.25) is 15.9 Å². The number of hydrogen-bond donors (Lipinski definition) is 1. The molecule has 1 amide bonds. The zero-order valence-corrected chi connectivity index (χ0v) is 16.5. The average molecular weight is 385 g/mol. The van der Waals surface area contributed by atoms with Gasteiger partial charge < -0.3 is 15.2 Å². The Balaban J connectivity index is 1.76. The minimum atomic E-state index is -3.71. The number of carbonyl (C=O) groups is 1. The number of sulfonamides is 1. The first-order valence-corrected chi connectivity index (χ1v) is 10.6. The Kier molecular flexibility index (Phi) is 5.41. The minimum absolute atomic E-state index is 0.0483. The average Bonchev–Trinajstić information content (AvgIpc) is 3.16. The monoisotopic (exact) mass is 384 g/mol. The van der Waals surface area contributed by atoms with Crippen LogP contribution in [0, 0.1) is 25.7 Å². The Labute approximate surface area is 154 Å². The molecule has 3 heterocycles. The second kappa shape index (κ2) is 7.28. The van der Waals surface area contributed by atoms with Crippen LogP contribution in [0.1, 0.15) is 37.6 Å². The van der Waals surface area contributed by atoms with Crippen molar-refractivity contribution < 1.29 is 17.7 Å². The van der Waals surface area contributed by atoms with Gasteiger partial charge in [-0.25, -0.2) is 8.42 Å². The lowest BCUT2D eigenvalue weighted by Crippen LogP contribution is -2.47. The number of likely N-dealkylation sites (tertiary alicyclic amines) is 1. The van der Waals surface area contributed by atoms with Crippen LogP contribution in [0.15, 0.2) is 9.42 Å². The van der Waals surface area contributed by atoms with Crippen molar-refractivity contribution in [1.82, 2.24) is 14.4 Å². The topological polar surface area (TPSA) is 110 Å². The third-order valence-corrected chi connectivity index (χ3v) is 7.69. The molecule has 2 N–H and O–H groups in total. The molecule has 2 fully saturated rings. The van der Waals surface area contributed by atoms with E-state index in [1.54, 1.807) is 13.8 Å². The molecule has 0 aliphatic carbocycles. The van der Waals surface area contributed by atoms with Crippen LogP contribution in [-0.4, -0.2) is 60.9 Å². The van der Waals surface area contributed by atoms with E-state index in [9.17, 15) is 13.2 Å². The van der Waals surface area contributed by atoms with E-state index in [4.69, 9.17) is 10.3 Å². The minimum Gasteiger partial charge on any atom is -0.360 e. The zero-order valence-electron chi connectivity index (χ0n) is 15.6. The quantitative estimate of drug-likeness (QED) is 0.825. The van der Waals surface area contributed by atoms with Gasteiger partial charge in [0.1, 0.15) is 10.6 Å². The van der Waals surface area contributed by atoms with E-state index in [1.165, 1.54) is 4.31 Å². The molecule has 0 spiro atoms. The number of nitrogens with zero attached hydrogens (tertiary/aromatic N) is 3. The highest BCUT2D eigenvalue weighted by Crippen LogP contribution is 2.30. The van der Waals surface area contributed by atoms with E-state index in [-0.39, 0.29) is 35.1 Å². The smallest absolute Gasteiger partial charge is 0.248 e. The molecule has 2 aliphatic heterocycles. The first-order valence-electron chi connectivity index (χ1n) is 9.19. The first kappa shape index (κ1) is 19.3. The molecule has 2 aliphatic rings. The lowest BCUT2D eigenvalue weighted by atomic mass is 9.98. The number of amides is 1. The standard InChI is InChI=1S/C17H28N4O4S/c1-11-7-14(8-18)9-21(11)17(22)15-5-4-6-20(10-15)26(23,24)16-12(2)19-25-13(16)3/h11,14-15H,4-10,18H2,1-3H3. The molecule has 146 valence electrons. The molecular weight excluding hydrogens is 356 g/mol. The van der Waals surface area contributed by atoms with Crippen LogP contribution in [-0.2, 0) is 14.8 Å². The van der Waals surface area contributed by atoms with Crippen LogP contribution in [0.5, 0.6) is 0 Å². The maximum Gasteiger partial charge on any atom is 0.248 e. The fraction of sp³-hybridized carbons (Fsp3) is 0.765. The Morgan fingerprint density at radius 1 is 1.35 bits per heavy atom.